The summed E-state index contributed by atoms with van der Waals surface area (Å²) >= 11 is 8.26. The van der Waals surface area contributed by atoms with Crippen molar-refractivity contribution in [2.24, 2.45) is 0 Å². The van der Waals surface area contributed by atoms with Crippen LogP contribution in [0, 0.1) is 0 Å². The lowest BCUT2D eigenvalue weighted by Gasteiger charge is -2.26. The van der Waals surface area contributed by atoms with Gasteiger partial charge in [0, 0.05) is 34.4 Å². The molecule has 0 amide bonds. The van der Waals surface area contributed by atoms with Gasteiger partial charge in [-0.05, 0) is 37.1 Å². The number of fused-ring (bicyclic) bond motifs is 1. The summed E-state index contributed by atoms with van der Waals surface area (Å²) in [5.41, 5.74) is 4.06. The minimum Gasteiger partial charge on any atom is -0.344 e. The Balaban J connectivity index is 2.12. The maximum atomic E-state index is 6.28. The maximum Gasteiger partial charge on any atom is 0.236 e. The first-order chi connectivity index (χ1) is 11.0. The van der Waals surface area contributed by atoms with Crippen LogP contribution in [0.4, 0.5) is 5.69 Å². The summed E-state index contributed by atoms with van der Waals surface area (Å²) in [7, 11) is 0. The van der Waals surface area contributed by atoms with Crippen LogP contribution in [0.25, 0.3) is 0 Å². The Morgan fingerprint density at radius 1 is 1.35 bits per heavy atom. The number of anilines is 1. The lowest BCUT2D eigenvalue weighted by atomic mass is 9.84. The Morgan fingerprint density at radius 3 is 2.83 bits per heavy atom. The third-order valence-corrected chi connectivity index (χ3v) is 6.16. The number of allylic oxidation sites excluding steroid dienone is 1. The molecule has 0 N–H and O–H groups in total. The van der Waals surface area contributed by atoms with Gasteiger partial charge in [0.05, 0.1) is 5.75 Å². The van der Waals surface area contributed by atoms with Gasteiger partial charge in [-0.25, -0.2) is 4.58 Å². The van der Waals surface area contributed by atoms with Crippen molar-refractivity contribution in [2.75, 3.05) is 30.3 Å². The molecule has 23 heavy (non-hydrogen) atoms. The van der Waals surface area contributed by atoms with Gasteiger partial charge in [0.1, 0.15) is 6.54 Å². The highest BCUT2D eigenvalue weighted by Gasteiger charge is 2.41. The molecule has 3 rings (SSSR count). The summed E-state index contributed by atoms with van der Waals surface area (Å²) in [5, 5.41) is 2.24. The van der Waals surface area contributed by atoms with Gasteiger partial charge in [0.25, 0.3) is 0 Å². The van der Waals surface area contributed by atoms with Crippen LogP contribution in [-0.2, 0) is 5.41 Å². The molecule has 0 aromatic heterocycles. The van der Waals surface area contributed by atoms with Crippen LogP contribution in [0.5, 0.6) is 0 Å². The van der Waals surface area contributed by atoms with Crippen LogP contribution in [0.2, 0.25) is 5.02 Å². The molecule has 1 aromatic rings. The van der Waals surface area contributed by atoms with Crippen molar-refractivity contribution >= 4 is 34.1 Å². The van der Waals surface area contributed by atoms with Crippen molar-refractivity contribution in [3.8, 4) is 0 Å². The van der Waals surface area contributed by atoms with Crippen molar-refractivity contribution in [2.45, 2.75) is 39.5 Å². The Bertz CT molecular complexity index is 676. The molecule has 2 heterocycles. The first-order valence-corrected chi connectivity index (χ1v) is 9.89. The molecule has 124 valence electrons. The van der Waals surface area contributed by atoms with Gasteiger partial charge in [-0.3, -0.25) is 0 Å². The number of benzene rings is 1. The molecule has 0 radical (unpaired) electrons. The van der Waals surface area contributed by atoms with Crippen molar-refractivity contribution < 1.29 is 4.58 Å². The second-order valence-electron chi connectivity index (χ2n) is 6.73. The minimum atomic E-state index is -0.00896. The SMILES string of the molecule is CCCN1C(=CC2=[N+](CC)CCS2)C(C)(C)c2cc(Cl)ccc21. The van der Waals surface area contributed by atoms with Crippen LogP contribution in [0.15, 0.2) is 30.0 Å². The number of halogens is 1. The Morgan fingerprint density at radius 2 is 2.13 bits per heavy atom. The highest BCUT2D eigenvalue weighted by Crippen LogP contribution is 2.48. The average molecular weight is 350 g/mol. The predicted octanol–water partition coefficient (Wildman–Crippen LogP) is 4.91. The summed E-state index contributed by atoms with van der Waals surface area (Å²) in [6.07, 6.45) is 3.56. The maximum absolute atomic E-state index is 6.28. The van der Waals surface area contributed by atoms with E-state index in [2.05, 4.69) is 55.4 Å². The van der Waals surface area contributed by atoms with Gasteiger partial charge in [-0.1, -0.05) is 44.1 Å². The molecule has 4 heteroatoms. The van der Waals surface area contributed by atoms with E-state index in [0.717, 1.165) is 31.1 Å². The number of hydrogen-bond donors (Lipinski definition) is 0. The molecular weight excluding hydrogens is 324 g/mol. The first kappa shape index (κ1) is 16.9. The first-order valence-electron chi connectivity index (χ1n) is 8.53. The molecule has 0 saturated heterocycles. The summed E-state index contributed by atoms with van der Waals surface area (Å²) < 4.78 is 2.48. The molecule has 0 atom stereocenters. The third-order valence-electron chi connectivity index (χ3n) is 4.87. The van der Waals surface area contributed by atoms with Crippen LogP contribution in [0.3, 0.4) is 0 Å². The number of nitrogens with zero attached hydrogens (tertiary/aromatic N) is 2. The summed E-state index contributed by atoms with van der Waals surface area (Å²) in [5.74, 6) is 1.19. The van der Waals surface area contributed by atoms with E-state index < -0.39 is 0 Å². The van der Waals surface area contributed by atoms with Crippen molar-refractivity contribution in [3.05, 3.63) is 40.6 Å². The summed E-state index contributed by atoms with van der Waals surface area (Å²) in [6.45, 7) is 12.4. The third kappa shape index (κ3) is 2.94. The van der Waals surface area contributed by atoms with E-state index in [4.69, 9.17) is 11.6 Å². The van der Waals surface area contributed by atoms with Gasteiger partial charge in [-0.15, -0.1) is 0 Å². The second kappa shape index (κ2) is 6.52. The van der Waals surface area contributed by atoms with E-state index in [-0.39, 0.29) is 5.41 Å². The normalized spacial score (nSPS) is 21.4. The molecule has 2 nitrogen and oxygen atoms in total. The fourth-order valence-corrected chi connectivity index (χ4v) is 4.89. The Hall–Kier alpha value is -0.930. The zero-order chi connectivity index (χ0) is 16.6. The summed E-state index contributed by atoms with van der Waals surface area (Å²) in [4.78, 5) is 2.49. The van der Waals surface area contributed by atoms with Gasteiger partial charge >= 0.3 is 0 Å². The van der Waals surface area contributed by atoms with Gasteiger partial charge in [0.2, 0.25) is 5.04 Å². The fraction of sp³-hybridized carbons (Fsp3) is 0.526. The fourth-order valence-electron chi connectivity index (χ4n) is 3.60. The molecule has 1 aromatic carbocycles. The van der Waals surface area contributed by atoms with Crippen LogP contribution in [-0.4, -0.2) is 35.0 Å². The topological polar surface area (TPSA) is 6.25 Å². The van der Waals surface area contributed by atoms with Crippen molar-refractivity contribution in [1.29, 1.82) is 0 Å². The van der Waals surface area contributed by atoms with E-state index in [1.807, 2.05) is 17.8 Å². The smallest absolute Gasteiger partial charge is 0.236 e. The van der Waals surface area contributed by atoms with Gasteiger partial charge in [0.15, 0.2) is 6.54 Å². The lowest BCUT2D eigenvalue weighted by molar-refractivity contribution is -0.513. The molecule has 0 bridgehead atoms. The quantitative estimate of drug-likeness (QED) is 0.712. The van der Waals surface area contributed by atoms with E-state index in [0.29, 0.717) is 0 Å². The number of rotatable bonds is 4. The second-order valence-corrected chi connectivity index (χ2v) is 8.29. The zero-order valence-electron chi connectivity index (χ0n) is 14.5. The van der Waals surface area contributed by atoms with Gasteiger partial charge in [-0.2, -0.15) is 0 Å². The Labute approximate surface area is 149 Å². The lowest BCUT2D eigenvalue weighted by Crippen LogP contribution is -2.28. The van der Waals surface area contributed by atoms with Crippen molar-refractivity contribution in [3.63, 3.8) is 0 Å². The van der Waals surface area contributed by atoms with E-state index in [1.165, 1.54) is 27.7 Å². The van der Waals surface area contributed by atoms with E-state index in [9.17, 15) is 0 Å². The number of thioether (sulfide) groups is 1. The molecule has 2 aliphatic heterocycles. The predicted molar refractivity (Wildman–Crippen MR) is 103 cm³/mol. The molecule has 2 aliphatic rings. The highest BCUT2D eigenvalue weighted by molar-refractivity contribution is 8.14. The molecule has 0 aliphatic carbocycles. The summed E-state index contributed by atoms with van der Waals surface area (Å²) in [6, 6.07) is 6.34. The molecule has 0 spiro atoms. The molecule has 0 unspecified atom stereocenters. The molecule has 0 fully saturated rings. The van der Waals surface area contributed by atoms with Crippen molar-refractivity contribution in [1.82, 2.24) is 0 Å². The Kier molecular flexibility index (Phi) is 4.80. The molecule has 0 saturated carbocycles. The van der Waals surface area contributed by atoms with E-state index in [1.54, 1.807) is 0 Å². The largest absolute Gasteiger partial charge is 0.344 e. The minimum absolute atomic E-state index is 0.00896. The van der Waals surface area contributed by atoms with Crippen LogP contribution >= 0.6 is 23.4 Å². The van der Waals surface area contributed by atoms with E-state index >= 15 is 0 Å². The average Bonchev–Trinajstić information content (AvgIpc) is 3.04. The van der Waals surface area contributed by atoms with Crippen LogP contribution in [0.1, 0.15) is 39.7 Å². The highest BCUT2D eigenvalue weighted by atomic mass is 35.5. The molecular formula is C19H26ClN2S+. The van der Waals surface area contributed by atoms with Crippen LogP contribution < -0.4 is 4.90 Å². The monoisotopic (exact) mass is 349 g/mol. The standard InChI is InChI=1S/C19H26ClN2S/c1-5-9-22-16-8-7-14(20)12-15(16)19(3,4)17(22)13-18-21(6-2)10-11-23-18/h7-8,12-13H,5-6,9-11H2,1-4H3/q+1. The number of hydrogen-bond acceptors (Lipinski definition) is 2. The zero-order valence-corrected chi connectivity index (χ0v) is 16.1. The van der Waals surface area contributed by atoms with Gasteiger partial charge < -0.3 is 4.90 Å².